The highest BCUT2D eigenvalue weighted by Gasteiger charge is 2.23. The Balaban J connectivity index is 1.34. The van der Waals surface area contributed by atoms with Crippen LogP contribution < -0.4 is 24.4 Å². The summed E-state index contributed by atoms with van der Waals surface area (Å²) in [5.74, 6) is 1.61. The van der Waals surface area contributed by atoms with E-state index >= 15 is 0 Å². The van der Waals surface area contributed by atoms with E-state index in [2.05, 4.69) is 10.2 Å². The number of carbonyl (C=O) groups excluding carboxylic acids is 2. The van der Waals surface area contributed by atoms with Gasteiger partial charge < -0.3 is 29.3 Å². The number of anilines is 2. The van der Waals surface area contributed by atoms with Crippen molar-refractivity contribution in [2.24, 2.45) is 0 Å². The number of amides is 2. The molecule has 1 fully saturated rings. The summed E-state index contributed by atoms with van der Waals surface area (Å²) >= 11 is 0. The fourth-order valence-electron chi connectivity index (χ4n) is 4.13. The second kappa shape index (κ2) is 11.5. The minimum atomic E-state index is -0.189. The third-order valence-corrected chi connectivity index (χ3v) is 6.06. The average molecular weight is 490 g/mol. The van der Waals surface area contributed by atoms with Gasteiger partial charge in [-0.1, -0.05) is 6.07 Å². The monoisotopic (exact) mass is 489 g/mol. The Labute approximate surface area is 211 Å². The average Bonchev–Trinajstić information content (AvgIpc) is 2.93. The van der Waals surface area contributed by atoms with E-state index in [1.54, 1.807) is 50.6 Å². The van der Waals surface area contributed by atoms with Gasteiger partial charge in [0.25, 0.3) is 11.8 Å². The van der Waals surface area contributed by atoms with Crippen molar-refractivity contribution in [3.8, 4) is 17.2 Å². The highest BCUT2D eigenvalue weighted by atomic mass is 16.5. The van der Waals surface area contributed by atoms with Crippen LogP contribution in [0.3, 0.4) is 0 Å². The summed E-state index contributed by atoms with van der Waals surface area (Å²) in [6, 6.07) is 20.1. The van der Waals surface area contributed by atoms with E-state index in [0.717, 1.165) is 5.69 Å². The number of hydrogen-bond donors (Lipinski definition) is 1. The summed E-state index contributed by atoms with van der Waals surface area (Å²) in [5, 5.41) is 2.93. The Morgan fingerprint density at radius 1 is 0.806 bits per heavy atom. The number of nitrogens with zero attached hydrogens (tertiary/aromatic N) is 2. The van der Waals surface area contributed by atoms with Gasteiger partial charge in [0.05, 0.1) is 20.8 Å². The lowest BCUT2D eigenvalue weighted by Crippen LogP contribution is -2.48. The zero-order valence-corrected chi connectivity index (χ0v) is 20.8. The standard InChI is InChI=1S/C28H31N3O5/c1-4-36-24-7-5-6-20(16-24)27(32)29-22-8-10-23(11-9-22)30-12-14-31(15-13-30)28(33)21-17-25(34-2)19-26(18-21)35-3/h5-11,16-19H,4,12-15H2,1-3H3,(H,29,32). The molecule has 8 nitrogen and oxygen atoms in total. The van der Waals surface area contributed by atoms with E-state index in [1.807, 2.05) is 42.2 Å². The molecule has 0 radical (unpaired) electrons. The Morgan fingerprint density at radius 3 is 2.06 bits per heavy atom. The first-order chi connectivity index (χ1) is 17.5. The highest BCUT2D eigenvalue weighted by Crippen LogP contribution is 2.25. The molecule has 0 spiro atoms. The summed E-state index contributed by atoms with van der Waals surface area (Å²) in [5.41, 5.74) is 2.85. The lowest BCUT2D eigenvalue weighted by molar-refractivity contribution is 0.0746. The van der Waals surface area contributed by atoms with E-state index < -0.39 is 0 Å². The van der Waals surface area contributed by atoms with Crippen molar-refractivity contribution in [1.29, 1.82) is 0 Å². The lowest BCUT2D eigenvalue weighted by atomic mass is 10.1. The molecule has 3 aromatic carbocycles. The number of ether oxygens (including phenoxy) is 3. The van der Waals surface area contributed by atoms with Crippen molar-refractivity contribution in [2.45, 2.75) is 6.92 Å². The molecule has 1 aliphatic rings. The molecule has 0 unspecified atom stereocenters. The predicted octanol–water partition coefficient (Wildman–Crippen LogP) is 4.32. The number of piperazine rings is 1. The van der Waals surface area contributed by atoms with E-state index in [-0.39, 0.29) is 11.8 Å². The van der Waals surface area contributed by atoms with Crippen LogP contribution in [0.2, 0.25) is 0 Å². The maximum Gasteiger partial charge on any atom is 0.255 e. The van der Waals surface area contributed by atoms with Crippen LogP contribution in [0.15, 0.2) is 66.7 Å². The van der Waals surface area contributed by atoms with Crippen LogP contribution in [-0.4, -0.2) is 63.7 Å². The first kappa shape index (κ1) is 24.9. The van der Waals surface area contributed by atoms with Gasteiger partial charge >= 0.3 is 0 Å². The molecule has 0 atom stereocenters. The number of methoxy groups -OCH3 is 2. The van der Waals surface area contributed by atoms with Gasteiger partial charge in [0, 0.05) is 54.7 Å². The molecule has 2 amide bonds. The third-order valence-electron chi connectivity index (χ3n) is 6.06. The Bertz CT molecular complexity index is 1180. The Hall–Kier alpha value is -4.20. The van der Waals surface area contributed by atoms with Gasteiger partial charge in [-0.25, -0.2) is 0 Å². The van der Waals surface area contributed by atoms with Crippen molar-refractivity contribution in [3.63, 3.8) is 0 Å². The van der Waals surface area contributed by atoms with Crippen LogP contribution >= 0.6 is 0 Å². The molecule has 188 valence electrons. The zero-order chi connectivity index (χ0) is 25.5. The maximum absolute atomic E-state index is 13.0. The topological polar surface area (TPSA) is 80.3 Å². The first-order valence-electron chi connectivity index (χ1n) is 11.9. The fraction of sp³-hybridized carbons (Fsp3) is 0.286. The lowest BCUT2D eigenvalue weighted by Gasteiger charge is -2.36. The fourth-order valence-corrected chi connectivity index (χ4v) is 4.13. The van der Waals surface area contributed by atoms with Gasteiger partial charge in [0.15, 0.2) is 0 Å². The second-order valence-electron chi connectivity index (χ2n) is 8.34. The van der Waals surface area contributed by atoms with Crippen molar-refractivity contribution in [3.05, 3.63) is 77.9 Å². The van der Waals surface area contributed by atoms with Crippen LogP contribution in [0.1, 0.15) is 27.6 Å². The summed E-state index contributed by atoms with van der Waals surface area (Å²) < 4.78 is 16.1. The maximum atomic E-state index is 13.0. The van der Waals surface area contributed by atoms with E-state index in [0.29, 0.717) is 66.8 Å². The molecule has 1 heterocycles. The quantitative estimate of drug-likeness (QED) is 0.508. The number of hydrogen-bond acceptors (Lipinski definition) is 6. The van der Waals surface area contributed by atoms with Gasteiger partial charge in [-0.2, -0.15) is 0 Å². The largest absolute Gasteiger partial charge is 0.497 e. The number of rotatable bonds is 8. The number of benzene rings is 3. The normalized spacial score (nSPS) is 13.2. The Morgan fingerprint density at radius 2 is 1.44 bits per heavy atom. The molecule has 1 N–H and O–H groups in total. The molecule has 36 heavy (non-hydrogen) atoms. The van der Waals surface area contributed by atoms with Gasteiger partial charge in [0.2, 0.25) is 0 Å². The number of nitrogens with one attached hydrogen (secondary N) is 1. The van der Waals surface area contributed by atoms with E-state index in [4.69, 9.17) is 14.2 Å². The van der Waals surface area contributed by atoms with Gasteiger partial charge in [-0.15, -0.1) is 0 Å². The molecule has 0 bridgehead atoms. The molecule has 4 rings (SSSR count). The van der Waals surface area contributed by atoms with Crippen molar-refractivity contribution >= 4 is 23.2 Å². The molecule has 0 aromatic heterocycles. The van der Waals surface area contributed by atoms with Crippen LogP contribution in [0, 0.1) is 0 Å². The molecule has 1 aliphatic heterocycles. The van der Waals surface area contributed by atoms with Crippen molar-refractivity contribution in [2.75, 3.05) is 57.2 Å². The SMILES string of the molecule is CCOc1cccc(C(=O)Nc2ccc(N3CCN(C(=O)c4cc(OC)cc(OC)c4)CC3)cc2)c1. The summed E-state index contributed by atoms with van der Waals surface area (Å²) in [4.78, 5) is 29.7. The van der Waals surface area contributed by atoms with Crippen LogP contribution in [0.25, 0.3) is 0 Å². The second-order valence-corrected chi connectivity index (χ2v) is 8.34. The predicted molar refractivity (Wildman–Crippen MR) is 140 cm³/mol. The molecule has 3 aromatic rings. The Kier molecular flexibility index (Phi) is 7.95. The van der Waals surface area contributed by atoms with E-state index in [1.165, 1.54) is 0 Å². The van der Waals surface area contributed by atoms with Crippen LogP contribution in [0.4, 0.5) is 11.4 Å². The molecular weight excluding hydrogens is 458 g/mol. The van der Waals surface area contributed by atoms with Gasteiger partial charge in [-0.3, -0.25) is 9.59 Å². The molecule has 8 heteroatoms. The highest BCUT2D eigenvalue weighted by molar-refractivity contribution is 6.04. The summed E-state index contributed by atoms with van der Waals surface area (Å²) in [7, 11) is 3.14. The minimum absolute atomic E-state index is 0.0432. The molecular formula is C28H31N3O5. The smallest absolute Gasteiger partial charge is 0.255 e. The summed E-state index contributed by atoms with van der Waals surface area (Å²) in [6.45, 7) is 5.08. The third kappa shape index (κ3) is 5.89. The van der Waals surface area contributed by atoms with E-state index in [9.17, 15) is 9.59 Å². The molecule has 1 saturated heterocycles. The van der Waals surface area contributed by atoms with Crippen LogP contribution in [0.5, 0.6) is 17.2 Å². The minimum Gasteiger partial charge on any atom is -0.497 e. The molecule has 0 aliphatic carbocycles. The number of carbonyl (C=O) groups is 2. The summed E-state index contributed by atoms with van der Waals surface area (Å²) in [6.07, 6.45) is 0. The van der Waals surface area contributed by atoms with Crippen molar-refractivity contribution in [1.82, 2.24) is 4.90 Å². The zero-order valence-electron chi connectivity index (χ0n) is 20.8. The molecule has 0 saturated carbocycles. The first-order valence-corrected chi connectivity index (χ1v) is 11.9. The van der Waals surface area contributed by atoms with Crippen molar-refractivity contribution < 1.29 is 23.8 Å². The van der Waals surface area contributed by atoms with Crippen LogP contribution in [-0.2, 0) is 0 Å². The van der Waals surface area contributed by atoms with Gasteiger partial charge in [0.1, 0.15) is 17.2 Å². The van der Waals surface area contributed by atoms with Gasteiger partial charge in [-0.05, 0) is 61.5 Å².